The van der Waals surface area contributed by atoms with Crippen molar-refractivity contribution in [2.24, 2.45) is 5.41 Å². The van der Waals surface area contributed by atoms with Crippen LogP contribution < -0.4 is 4.74 Å². The van der Waals surface area contributed by atoms with E-state index in [9.17, 15) is 14.9 Å². The molecule has 112 valence electrons. The molecule has 0 radical (unpaired) electrons. The molecule has 21 heavy (non-hydrogen) atoms. The van der Waals surface area contributed by atoms with Crippen LogP contribution in [0.15, 0.2) is 16.6 Å². The second kappa shape index (κ2) is 5.25. The molecule has 5 nitrogen and oxygen atoms in total. The number of nitro groups is 1. The molecular weight excluding hydrogens is 362 g/mol. The second-order valence-electron chi connectivity index (χ2n) is 5.59. The summed E-state index contributed by atoms with van der Waals surface area (Å²) in [4.78, 5) is 22.6. The molecule has 1 unspecified atom stereocenters. The highest BCUT2D eigenvalue weighted by atomic mass is 79.9. The van der Waals surface area contributed by atoms with Crippen LogP contribution in [0.5, 0.6) is 5.75 Å². The zero-order valence-corrected chi connectivity index (χ0v) is 13.4. The van der Waals surface area contributed by atoms with E-state index in [1.807, 2.05) is 0 Å². The van der Waals surface area contributed by atoms with Gasteiger partial charge in [0.05, 0.1) is 14.8 Å². The van der Waals surface area contributed by atoms with E-state index in [1.165, 1.54) is 6.07 Å². The molecule has 0 aliphatic heterocycles. The van der Waals surface area contributed by atoms with Crippen LogP contribution in [0.4, 0.5) is 5.69 Å². The van der Waals surface area contributed by atoms with E-state index in [-0.39, 0.29) is 28.3 Å². The van der Waals surface area contributed by atoms with Crippen molar-refractivity contribution in [3.63, 3.8) is 0 Å². The van der Waals surface area contributed by atoms with Crippen LogP contribution >= 0.6 is 27.5 Å². The molecule has 1 spiro atoms. The summed E-state index contributed by atoms with van der Waals surface area (Å²) in [7, 11) is 0. The summed E-state index contributed by atoms with van der Waals surface area (Å²) >= 11 is 9.11. The average molecular weight is 375 g/mol. The fraction of sp³-hybridized carbons (Fsp3) is 0.500. The quantitative estimate of drug-likeness (QED) is 0.584. The molecule has 1 aromatic carbocycles. The zero-order chi connectivity index (χ0) is 15.2. The van der Waals surface area contributed by atoms with Gasteiger partial charge in [-0.3, -0.25) is 14.9 Å². The minimum atomic E-state index is -0.520. The maximum atomic E-state index is 12.0. The van der Waals surface area contributed by atoms with Gasteiger partial charge >= 0.3 is 5.69 Å². The first-order valence-electron chi connectivity index (χ1n) is 6.77. The molecule has 0 bridgehead atoms. The van der Waals surface area contributed by atoms with Crippen molar-refractivity contribution in [1.29, 1.82) is 0 Å². The molecule has 7 heteroatoms. The Morgan fingerprint density at radius 3 is 2.62 bits per heavy atom. The first-order chi connectivity index (χ1) is 9.94. The van der Waals surface area contributed by atoms with Crippen molar-refractivity contribution in [2.45, 2.75) is 38.2 Å². The van der Waals surface area contributed by atoms with Crippen molar-refractivity contribution < 1.29 is 14.5 Å². The largest absolute Gasteiger partial charge is 0.481 e. The summed E-state index contributed by atoms with van der Waals surface area (Å²) < 4.78 is 6.31. The fourth-order valence-electron chi connectivity index (χ4n) is 3.32. The smallest absolute Gasteiger partial charge is 0.313 e. The van der Waals surface area contributed by atoms with Crippen molar-refractivity contribution in [3.05, 3.63) is 31.7 Å². The van der Waals surface area contributed by atoms with E-state index >= 15 is 0 Å². The van der Waals surface area contributed by atoms with Gasteiger partial charge in [0.1, 0.15) is 11.9 Å². The average Bonchev–Trinajstić information content (AvgIpc) is 2.92. The Hall–Kier alpha value is -1.14. The van der Waals surface area contributed by atoms with E-state index in [1.54, 1.807) is 6.07 Å². The minimum absolute atomic E-state index is 0.160. The zero-order valence-electron chi connectivity index (χ0n) is 11.1. The molecule has 0 amide bonds. The number of nitrogens with zero attached hydrogens (tertiary/aromatic N) is 1. The second-order valence-corrected chi connectivity index (χ2v) is 6.88. The van der Waals surface area contributed by atoms with Crippen LogP contribution in [0.2, 0.25) is 5.02 Å². The first kappa shape index (κ1) is 14.8. The van der Waals surface area contributed by atoms with Crippen molar-refractivity contribution in [3.8, 4) is 5.75 Å². The molecule has 0 aromatic heterocycles. The topological polar surface area (TPSA) is 69.4 Å². The number of benzene rings is 1. The molecule has 3 rings (SSSR count). The lowest BCUT2D eigenvalue weighted by atomic mass is 9.63. The Labute approximate surface area is 134 Å². The van der Waals surface area contributed by atoms with E-state index in [0.717, 1.165) is 25.7 Å². The van der Waals surface area contributed by atoms with E-state index in [4.69, 9.17) is 16.3 Å². The number of hydrogen-bond donors (Lipinski definition) is 0. The van der Waals surface area contributed by atoms with Crippen LogP contribution in [0.1, 0.15) is 32.1 Å². The number of ether oxygens (including phenoxy) is 1. The Morgan fingerprint density at radius 1 is 1.38 bits per heavy atom. The van der Waals surface area contributed by atoms with Crippen LogP contribution in [-0.4, -0.2) is 16.8 Å². The lowest BCUT2D eigenvalue weighted by Gasteiger charge is -2.44. The molecule has 2 aliphatic rings. The summed E-state index contributed by atoms with van der Waals surface area (Å²) in [6, 6.07) is 2.83. The summed E-state index contributed by atoms with van der Waals surface area (Å²) in [5.74, 6) is 0.380. The normalized spacial score (nSPS) is 23.1. The van der Waals surface area contributed by atoms with Crippen LogP contribution in [-0.2, 0) is 4.79 Å². The number of carbonyl (C=O) groups is 1. The Bertz CT molecular complexity index is 628. The predicted octanol–water partition coefficient (Wildman–Crippen LogP) is 4.29. The molecule has 0 saturated heterocycles. The maximum absolute atomic E-state index is 12.0. The van der Waals surface area contributed by atoms with E-state index in [0.29, 0.717) is 10.9 Å². The maximum Gasteiger partial charge on any atom is 0.313 e. The van der Waals surface area contributed by atoms with Crippen molar-refractivity contribution in [2.75, 3.05) is 0 Å². The highest BCUT2D eigenvalue weighted by Crippen LogP contribution is 2.53. The SMILES string of the molecule is O=C1CC(Oc2c(Br)cc(Cl)cc2[N+](=O)[O-])C12CCCC2. The third-order valence-corrected chi connectivity index (χ3v) is 5.29. The lowest BCUT2D eigenvalue weighted by molar-refractivity contribution is -0.386. The summed E-state index contributed by atoms with van der Waals surface area (Å²) in [5, 5.41) is 11.4. The number of halogens is 2. The number of Topliss-reactive ketones (excluding diaryl/α,β-unsaturated/α-hetero) is 1. The minimum Gasteiger partial charge on any atom is -0.481 e. The molecular formula is C14H13BrClNO4. The van der Waals surface area contributed by atoms with Gasteiger partial charge in [0.15, 0.2) is 0 Å². The number of nitro benzene ring substituents is 1. The van der Waals surface area contributed by atoms with Gasteiger partial charge in [-0.25, -0.2) is 0 Å². The highest BCUT2D eigenvalue weighted by Gasteiger charge is 2.57. The van der Waals surface area contributed by atoms with Gasteiger partial charge in [0.2, 0.25) is 5.75 Å². The van der Waals surface area contributed by atoms with Gasteiger partial charge < -0.3 is 4.74 Å². The molecule has 1 aromatic rings. The third kappa shape index (κ3) is 2.34. The Balaban J connectivity index is 1.92. The third-order valence-electron chi connectivity index (χ3n) is 4.48. The van der Waals surface area contributed by atoms with Gasteiger partial charge in [-0.05, 0) is 34.8 Å². The van der Waals surface area contributed by atoms with Gasteiger partial charge in [0.25, 0.3) is 0 Å². The van der Waals surface area contributed by atoms with Crippen LogP contribution in [0, 0.1) is 15.5 Å². The van der Waals surface area contributed by atoms with Crippen molar-refractivity contribution >= 4 is 39.0 Å². The molecule has 0 N–H and O–H groups in total. The molecule has 1 atom stereocenters. The number of carbonyl (C=O) groups excluding carboxylic acids is 1. The molecule has 2 aliphatic carbocycles. The van der Waals surface area contributed by atoms with Gasteiger partial charge in [-0.2, -0.15) is 0 Å². The highest BCUT2D eigenvalue weighted by molar-refractivity contribution is 9.10. The van der Waals surface area contributed by atoms with Crippen molar-refractivity contribution in [1.82, 2.24) is 0 Å². The molecule has 0 heterocycles. The van der Waals surface area contributed by atoms with Gasteiger partial charge in [-0.15, -0.1) is 0 Å². The lowest BCUT2D eigenvalue weighted by Crippen LogP contribution is -2.55. The number of rotatable bonds is 3. The Morgan fingerprint density at radius 2 is 2.05 bits per heavy atom. The van der Waals surface area contributed by atoms with Crippen LogP contribution in [0.25, 0.3) is 0 Å². The van der Waals surface area contributed by atoms with Crippen LogP contribution in [0.3, 0.4) is 0 Å². The standard InChI is InChI=1S/C14H13BrClNO4/c15-9-5-8(16)6-10(17(19)20)13(9)21-12-7-11(18)14(12)3-1-2-4-14/h5-6,12H,1-4,7H2. The van der Waals surface area contributed by atoms with E-state index < -0.39 is 10.3 Å². The van der Waals surface area contributed by atoms with Gasteiger partial charge in [0, 0.05) is 17.5 Å². The summed E-state index contributed by atoms with van der Waals surface area (Å²) in [6.45, 7) is 0. The summed E-state index contributed by atoms with van der Waals surface area (Å²) in [6.07, 6.45) is 3.70. The Kier molecular flexibility index (Phi) is 3.69. The predicted molar refractivity (Wildman–Crippen MR) is 80.7 cm³/mol. The van der Waals surface area contributed by atoms with Gasteiger partial charge in [-0.1, -0.05) is 24.4 Å². The van der Waals surface area contributed by atoms with E-state index in [2.05, 4.69) is 15.9 Å². The summed E-state index contributed by atoms with van der Waals surface area (Å²) in [5.41, 5.74) is -0.602. The first-order valence-corrected chi connectivity index (χ1v) is 7.94. The fourth-order valence-corrected chi connectivity index (χ4v) is 4.21. The molecule has 2 saturated carbocycles. The monoisotopic (exact) mass is 373 g/mol. The molecule has 2 fully saturated rings. The number of ketones is 1. The number of hydrogen-bond acceptors (Lipinski definition) is 4.